The zero-order valence-electron chi connectivity index (χ0n) is 14.0. The molecule has 0 spiro atoms. The van der Waals surface area contributed by atoms with Crippen molar-refractivity contribution >= 4 is 18.9 Å². The average molecular weight is 341 g/mol. The van der Waals surface area contributed by atoms with Crippen molar-refractivity contribution in [2.45, 2.75) is 75.6 Å². The summed E-state index contributed by atoms with van der Waals surface area (Å²) < 4.78 is 30.7. The van der Waals surface area contributed by atoms with Crippen molar-refractivity contribution < 1.29 is 12.6 Å². The molecule has 1 aromatic rings. The number of hydrogen-bond acceptors (Lipinski definition) is 3. The lowest BCUT2D eigenvalue weighted by Crippen LogP contribution is -2.28. The Balaban J connectivity index is 2.06. The fourth-order valence-corrected chi connectivity index (χ4v) is 8.17. The Morgan fingerprint density at radius 1 is 1.23 bits per heavy atom. The summed E-state index contributed by atoms with van der Waals surface area (Å²) in [6, 6.07) is 9.32. The maximum Gasteiger partial charge on any atom is 0.297 e. The maximum atomic E-state index is 12.6. The van der Waals surface area contributed by atoms with Gasteiger partial charge >= 0.3 is 0 Å². The van der Waals surface area contributed by atoms with E-state index < -0.39 is 18.9 Å². The van der Waals surface area contributed by atoms with E-state index in [0.29, 0.717) is 11.3 Å². The van der Waals surface area contributed by atoms with Gasteiger partial charge in [0.25, 0.3) is 10.1 Å². The molecule has 0 amide bonds. The van der Waals surface area contributed by atoms with Crippen molar-refractivity contribution in [1.82, 2.24) is 0 Å². The van der Waals surface area contributed by atoms with Crippen LogP contribution in [0.3, 0.4) is 0 Å². The number of rotatable bonds is 6. The first-order valence-electron chi connectivity index (χ1n) is 8.49. The Labute approximate surface area is 136 Å². The highest BCUT2D eigenvalue weighted by atomic mass is 32.2. The van der Waals surface area contributed by atoms with E-state index in [1.807, 2.05) is 26.0 Å². The molecule has 0 N–H and O–H groups in total. The van der Waals surface area contributed by atoms with Gasteiger partial charge < -0.3 is 0 Å². The predicted molar refractivity (Wildman–Crippen MR) is 93.7 cm³/mol. The van der Waals surface area contributed by atoms with Gasteiger partial charge in [0, 0.05) is 8.80 Å². The fourth-order valence-electron chi connectivity index (χ4n) is 3.38. The third-order valence-corrected chi connectivity index (χ3v) is 9.78. The molecule has 22 heavy (non-hydrogen) atoms. The molecule has 1 aliphatic rings. The van der Waals surface area contributed by atoms with Crippen LogP contribution in [0, 0.1) is 6.92 Å². The van der Waals surface area contributed by atoms with Gasteiger partial charge in [-0.05, 0) is 37.8 Å². The molecule has 0 bridgehead atoms. The first-order valence-corrected chi connectivity index (χ1v) is 12.3. The minimum absolute atomic E-state index is 0.114. The smallest absolute Gasteiger partial charge is 0.263 e. The Morgan fingerprint density at radius 2 is 1.91 bits per heavy atom. The first kappa shape index (κ1) is 17.7. The zero-order valence-corrected chi connectivity index (χ0v) is 15.9. The van der Waals surface area contributed by atoms with Gasteiger partial charge in [0.2, 0.25) is 0 Å². The summed E-state index contributed by atoms with van der Waals surface area (Å²) in [6.45, 7) is 6.20. The topological polar surface area (TPSA) is 43.4 Å². The van der Waals surface area contributed by atoms with E-state index in [4.69, 9.17) is 4.18 Å². The largest absolute Gasteiger partial charge is 0.297 e. The van der Waals surface area contributed by atoms with E-state index in [0.717, 1.165) is 24.0 Å². The van der Waals surface area contributed by atoms with Crippen LogP contribution < -0.4 is 0 Å². The predicted octanol–water partition coefficient (Wildman–Crippen LogP) is 4.06. The Hall–Kier alpha value is -0.653. The van der Waals surface area contributed by atoms with Crippen LogP contribution in [0.4, 0.5) is 0 Å². The van der Waals surface area contributed by atoms with Crippen LogP contribution in [-0.2, 0) is 20.7 Å². The van der Waals surface area contributed by atoms with E-state index in [2.05, 4.69) is 6.92 Å². The van der Waals surface area contributed by atoms with Crippen molar-refractivity contribution in [3.63, 3.8) is 0 Å². The number of aryl methyl sites for hydroxylation is 2. The monoisotopic (exact) mass is 340 g/mol. The second-order valence-corrected chi connectivity index (χ2v) is 11.5. The quantitative estimate of drug-likeness (QED) is 0.579. The van der Waals surface area contributed by atoms with Crippen LogP contribution in [0.2, 0.25) is 18.1 Å². The molecular formula is C17H28O3SSi. The molecule has 1 fully saturated rings. The highest BCUT2D eigenvalue weighted by Gasteiger charge is 2.28. The minimum Gasteiger partial charge on any atom is -0.263 e. The van der Waals surface area contributed by atoms with Crippen LogP contribution in [0.25, 0.3) is 0 Å². The second kappa shape index (κ2) is 7.75. The molecule has 1 aromatic carbocycles. The van der Waals surface area contributed by atoms with Crippen molar-refractivity contribution in [3.8, 4) is 0 Å². The molecule has 0 aromatic heterocycles. The standard InChI is InChI=1S/C17H28O3SSi/c1-4-10-22-11-8-16(9-12-22)20-21(18,19)17-7-6-14(3)13-15(17)5-2/h6-7,13,16,22H,4-5,8-12H2,1-3H3. The van der Waals surface area contributed by atoms with Gasteiger partial charge in [-0.15, -0.1) is 0 Å². The summed E-state index contributed by atoms with van der Waals surface area (Å²) in [4.78, 5) is 0.355. The molecule has 0 aliphatic carbocycles. The van der Waals surface area contributed by atoms with Crippen molar-refractivity contribution in [3.05, 3.63) is 29.3 Å². The van der Waals surface area contributed by atoms with Gasteiger partial charge in [-0.25, -0.2) is 0 Å². The van der Waals surface area contributed by atoms with Crippen LogP contribution in [0.15, 0.2) is 23.1 Å². The van der Waals surface area contributed by atoms with Gasteiger partial charge in [-0.2, -0.15) is 8.42 Å². The van der Waals surface area contributed by atoms with Crippen molar-refractivity contribution in [1.29, 1.82) is 0 Å². The summed E-state index contributed by atoms with van der Waals surface area (Å²) in [5, 5.41) is 0. The van der Waals surface area contributed by atoms with E-state index in [1.165, 1.54) is 24.6 Å². The normalized spacial score (nSPS) is 22.7. The lowest BCUT2D eigenvalue weighted by atomic mass is 10.1. The molecule has 0 unspecified atom stereocenters. The lowest BCUT2D eigenvalue weighted by molar-refractivity contribution is 0.194. The maximum absolute atomic E-state index is 12.6. The molecule has 0 radical (unpaired) electrons. The Bertz CT molecular complexity index is 590. The second-order valence-electron chi connectivity index (χ2n) is 6.45. The number of benzene rings is 1. The van der Waals surface area contributed by atoms with E-state index >= 15 is 0 Å². The molecule has 0 saturated carbocycles. The third kappa shape index (κ3) is 4.43. The highest BCUT2D eigenvalue weighted by Crippen LogP contribution is 2.29. The summed E-state index contributed by atoms with van der Waals surface area (Å²) in [7, 11) is -4.24. The molecule has 124 valence electrons. The summed E-state index contributed by atoms with van der Waals surface area (Å²) in [6.07, 6.45) is 3.70. The van der Waals surface area contributed by atoms with E-state index in [-0.39, 0.29) is 6.10 Å². The van der Waals surface area contributed by atoms with Gasteiger partial charge in [0.05, 0.1) is 11.0 Å². The van der Waals surface area contributed by atoms with Gasteiger partial charge in [0.1, 0.15) is 0 Å². The van der Waals surface area contributed by atoms with Crippen molar-refractivity contribution in [2.24, 2.45) is 0 Å². The fraction of sp³-hybridized carbons (Fsp3) is 0.647. The minimum atomic E-state index is -3.63. The average Bonchev–Trinajstić information content (AvgIpc) is 2.49. The Kier molecular flexibility index (Phi) is 6.23. The molecular weight excluding hydrogens is 312 g/mol. The summed E-state index contributed by atoms with van der Waals surface area (Å²) >= 11 is 0. The van der Waals surface area contributed by atoms with Crippen LogP contribution >= 0.6 is 0 Å². The van der Waals surface area contributed by atoms with E-state index in [1.54, 1.807) is 6.07 Å². The third-order valence-electron chi connectivity index (χ3n) is 4.62. The van der Waals surface area contributed by atoms with Crippen molar-refractivity contribution in [2.75, 3.05) is 0 Å². The molecule has 0 atom stereocenters. The lowest BCUT2D eigenvalue weighted by Gasteiger charge is -2.27. The molecule has 5 heteroatoms. The van der Waals surface area contributed by atoms with Gasteiger partial charge in [0.15, 0.2) is 0 Å². The molecule has 1 aliphatic heterocycles. The van der Waals surface area contributed by atoms with Crippen LogP contribution in [0.1, 0.15) is 44.2 Å². The summed E-state index contributed by atoms with van der Waals surface area (Å²) in [5.74, 6) is 0. The number of hydrogen-bond donors (Lipinski definition) is 0. The van der Waals surface area contributed by atoms with Crippen LogP contribution in [-0.4, -0.2) is 23.3 Å². The zero-order chi connectivity index (χ0) is 16.2. The first-order chi connectivity index (χ1) is 10.5. The van der Waals surface area contributed by atoms with Gasteiger partial charge in [-0.1, -0.05) is 56.1 Å². The summed E-state index contributed by atoms with van der Waals surface area (Å²) in [5.41, 5.74) is 1.94. The molecule has 2 rings (SSSR count). The van der Waals surface area contributed by atoms with E-state index in [9.17, 15) is 8.42 Å². The SMILES string of the molecule is CCC[SiH]1CCC(OS(=O)(=O)c2ccc(C)cc2CC)CC1. The molecule has 3 nitrogen and oxygen atoms in total. The van der Waals surface area contributed by atoms with Gasteiger partial charge in [-0.3, -0.25) is 4.18 Å². The highest BCUT2D eigenvalue weighted by molar-refractivity contribution is 7.86. The van der Waals surface area contributed by atoms with Crippen LogP contribution in [0.5, 0.6) is 0 Å². The molecule has 1 saturated heterocycles. The molecule has 1 heterocycles. The Morgan fingerprint density at radius 3 is 2.50 bits per heavy atom.